The van der Waals surface area contributed by atoms with E-state index in [1.54, 1.807) is 13.1 Å². The minimum Gasteiger partial charge on any atom is -0.474 e. The van der Waals surface area contributed by atoms with Crippen molar-refractivity contribution in [2.24, 2.45) is 0 Å². The van der Waals surface area contributed by atoms with Gasteiger partial charge in [0.2, 0.25) is 11.8 Å². The van der Waals surface area contributed by atoms with Crippen LogP contribution in [0.1, 0.15) is 54.4 Å². The summed E-state index contributed by atoms with van der Waals surface area (Å²) >= 11 is 0. The molecule has 0 saturated heterocycles. The molecule has 0 unspecified atom stereocenters. The number of ether oxygens (including phenoxy) is 1. The Morgan fingerprint density at radius 2 is 1.93 bits per heavy atom. The van der Waals surface area contributed by atoms with Gasteiger partial charge in [0.25, 0.3) is 5.91 Å². The first-order valence-corrected chi connectivity index (χ1v) is 13.4. The number of aromatic amines is 1. The van der Waals surface area contributed by atoms with Crippen molar-refractivity contribution in [3.63, 3.8) is 0 Å². The second-order valence-electron chi connectivity index (χ2n) is 10.7. The van der Waals surface area contributed by atoms with Crippen LogP contribution in [-0.4, -0.2) is 49.7 Å². The SMILES string of the molecule is CNC(=O)c1ccc(Nc2nc(OC3CCC(C)(O)CC3)c3c(-c4ccc5nc(C)oc5c4)c[nH]c3n2)c(C)c1. The predicted octanol–water partition coefficient (Wildman–Crippen LogP) is 5.56. The number of rotatable bonds is 6. The van der Waals surface area contributed by atoms with E-state index < -0.39 is 5.60 Å². The van der Waals surface area contributed by atoms with E-state index in [1.807, 2.05) is 57.3 Å². The Morgan fingerprint density at radius 1 is 1.12 bits per heavy atom. The standard InChI is InChI=1S/C30H32N6O4/c1-16-13-19(27(37)31-4)6-7-22(16)34-29-35-26-25(28(36-29)40-20-9-11-30(3,38)12-10-20)21(15-32-26)18-5-8-23-24(14-18)39-17(2)33-23/h5-8,13-15,20,38H,9-12H2,1-4H3,(H,31,37)(H2,32,34,35,36). The monoisotopic (exact) mass is 540 g/mol. The number of nitrogens with zero attached hydrogens (tertiary/aromatic N) is 3. The van der Waals surface area contributed by atoms with Crippen LogP contribution >= 0.6 is 0 Å². The Kier molecular flexibility index (Phi) is 6.42. The van der Waals surface area contributed by atoms with Gasteiger partial charge in [-0.05, 0) is 81.0 Å². The molecule has 1 aliphatic carbocycles. The minimum absolute atomic E-state index is 0.0816. The van der Waals surface area contributed by atoms with Crippen LogP contribution in [0.25, 0.3) is 33.3 Å². The summed E-state index contributed by atoms with van der Waals surface area (Å²) in [6.45, 7) is 5.62. The topological polar surface area (TPSA) is 138 Å². The molecule has 1 fully saturated rings. The lowest BCUT2D eigenvalue weighted by Crippen LogP contribution is -2.35. The smallest absolute Gasteiger partial charge is 0.251 e. The molecular weight excluding hydrogens is 508 g/mol. The fourth-order valence-corrected chi connectivity index (χ4v) is 5.28. The van der Waals surface area contributed by atoms with E-state index in [0.717, 1.165) is 46.1 Å². The van der Waals surface area contributed by atoms with Crippen LogP contribution in [0.15, 0.2) is 47.0 Å². The maximum Gasteiger partial charge on any atom is 0.251 e. The first kappa shape index (κ1) is 25.8. The van der Waals surface area contributed by atoms with Crippen molar-refractivity contribution >= 4 is 39.7 Å². The number of fused-ring (bicyclic) bond motifs is 2. The molecule has 3 heterocycles. The molecule has 0 radical (unpaired) electrons. The number of carbonyl (C=O) groups is 1. The second kappa shape index (κ2) is 9.95. The zero-order chi connectivity index (χ0) is 28.0. The summed E-state index contributed by atoms with van der Waals surface area (Å²) in [5.74, 6) is 1.30. The van der Waals surface area contributed by atoms with Gasteiger partial charge < -0.3 is 29.9 Å². The number of aryl methyl sites for hydroxylation is 2. The molecular formula is C30H32N6O4. The van der Waals surface area contributed by atoms with E-state index in [2.05, 4.69) is 20.6 Å². The van der Waals surface area contributed by atoms with Crippen molar-refractivity contribution in [3.05, 3.63) is 59.6 Å². The molecule has 10 heteroatoms. The van der Waals surface area contributed by atoms with Crippen LogP contribution in [0, 0.1) is 13.8 Å². The van der Waals surface area contributed by atoms with Gasteiger partial charge in [-0.15, -0.1) is 0 Å². The lowest BCUT2D eigenvalue weighted by molar-refractivity contribution is -0.0114. The summed E-state index contributed by atoms with van der Waals surface area (Å²) in [5.41, 5.74) is 5.51. The summed E-state index contributed by atoms with van der Waals surface area (Å²) in [7, 11) is 1.61. The lowest BCUT2D eigenvalue weighted by Gasteiger charge is -2.33. The minimum atomic E-state index is -0.671. The van der Waals surface area contributed by atoms with Crippen molar-refractivity contribution in [2.75, 3.05) is 12.4 Å². The summed E-state index contributed by atoms with van der Waals surface area (Å²) < 4.78 is 12.3. The number of H-pyrrole nitrogens is 1. The van der Waals surface area contributed by atoms with Crippen molar-refractivity contribution in [2.45, 2.75) is 58.2 Å². The van der Waals surface area contributed by atoms with Crippen molar-refractivity contribution < 1.29 is 19.1 Å². The Bertz CT molecular complexity index is 1730. The molecule has 0 spiro atoms. The Morgan fingerprint density at radius 3 is 2.67 bits per heavy atom. The largest absolute Gasteiger partial charge is 0.474 e. The molecule has 6 rings (SSSR count). The number of benzene rings is 2. The molecule has 1 saturated carbocycles. The van der Waals surface area contributed by atoms with Gasteiger partial charge >= 0.3 is 0 Å². The van der Waals surface area contributed by atoms with Gasteiger partial charge in [-0.1, -0.05) is 6.07 Å². The summed E-state index contributed by atoms with van der Waals surface area (Å²) in [6, 6.07) is 11.3. The number of aliphatic hydroxyl groups is 1. The van der Waals surface area contributed by atoms with E-state index in [-0.39, 0.29) is 12.0 Å². The van der Waals surface area contributed by atoms with Gasteiger partial charge in [-0.2, -0.15) is 9.97 Å². The first-order valence-electron chi connectivity index (χ1n) is 13.4. The van der Waals surface area contributed by atoms with Gasteiger partial charge in [-0.25, -0.2) is 4.98 Å². The molecule has 2 aromatic carbocycles. The Hall–Kier alpha value is -4.44. The molecule has 3 aromatic heterocycles. The van der Waals surface area contributed by atoms with E-state index in [0.29, 0.717) is 47.4 Å². The number of hydrogen-bond donors (Lipinski definition) is 4. The van der Waals surface area contributed by atoms with Crippen molar-refractivity contribution in [3.8, 4) is 17.0 Å². The van der Waals surface area contributed by atoms with Crippen LogP contribution in [0.5, 0.6) is 5.88 Å². The fraction of sp³-hybridized carbons (Fsp3) is 0.333. The third-order valence-electron chi connectivity index (χ3n) is 7.55. The summed E-state index contributed by atoms with van der Waals surface area (Å²) in [4.78, 5) is 29.3. The lowest BCUT2D eigenvalue weighted by atomic mass is 9.85. The molecule has 10 nitrogen and oxygen atoms in total. The number of nitrogens with one attached hydrogen (secondary N) is 3. The van der Waals surface area contributed by atoms with Crippen LogP contribution in [-0.2, 0) is 0 Å². The number of aromatic nitrogens is 4. The van der Waals surface area contributed by atoms with E-state index in [1.165, 1.54) is 0 Å². The Labute approximate surface area is 231 Å². The first-order chi connectivity index (χ1) is 19.2. The molecule has 1 amide bonds. The average Bonchev–Trinajstić information content (AvgIpc) is 3.52. The quantitative estimate of drug-likeness (QED) is 0.220. The maximum atomic E-state index is 12.0. The third kappa shape index (κ3) is 4.98. The van der Waals surface area contributed by atoms with Crippen LogP contribution in [0.2, 0.25) is 0 Å². The predicted molar refractivity (Wildman–Crippen MR) is 153 cm³/mol. The van der Waals surface area contributed by atoms with Gasteiger partial charge in [0.15, 0.2) is 11.5 Å². The second-order valence-corrected chi connectivity index (χ2v) is 10.7. The van der Waals surface area contributed by atoms with E-state index in [9.17, 15) is 9.90 Å². The molecule has 206 valence electrons. The van der Waals surface area contributed by atoms with Gasteiger partial charge in [0, 0.05) is 37.0 Å². The number of hydrogen-bond acceptors (Lipinski definition) is 8. The van der Waals surface area contributed by atoms with Crippen molar-refractivity contribution in [1.29, 1.82) is 0 Å². The maximum absolute atomic E-state index is 12.0. The van der Waals surface area contributed by atoms with E-state index in [4.69, 9.17) is 19.1 Å². The van der Waals surface area contributed by atoms with Gasteiger partial charge in [0.1, 0.15) is 17.3 Å². The number of oxazole rings is 1. The summed E-state index contributed by atoms with van der Waals surface area (Å²) in [5, 5.41) is 17.2. The third-order valence-corrected chi connectivity index (χ3v) is 7.55. The molecule has 0 bridgehead atoms. The average molecular weight is 541 g/mol. The molecule has 5 aromatic rings. The fourth-order valence-electron chi connectivity index (χ4n) is 5.28. The normalized spacial score (nSPS) is 19.2. The summed E-state index contributed by atoms with van der Waals surface area (Å²) in [6.07, 6.45) is 4.59. The molecule has 40 heavy (non-hydrogen) atoms. The highest BCUT2D eigenvalue weighted by Gasteiger charge is 2.31. The van der Waals surface area contributed by atoms with Crippen LogP contribution in [0.3, 0.4) is 0 Å². The molecule has 1 aliphatic rings. The zero-order valence-electron chi connectivity index (χ0n) is 23.0. The van der Waals surface area contributed by atoms with E-state index >= 15 is 0 Å². The number of amides is 1. The highest BCUT2D eigenvalue weighted by atomic mass is 16.5. The van der Waals surface area contributed by atoms with Crippen LogP contribution < -0.4 is 15.4 Å². The highest BCUT2D eigenvalue weighted by Crippen LogP contribution is 2.38. The van der Waals surface area contributed by atoms with Gasteiger partial charge in [-0.3, -0.25) is 4.79 Å². The molecule has 0 atom stereocenters. The van der Waals surface area contributed by atoms with Crippen LogP contribution in [0.4, 0.5) is 11.6 Å². The van der Waals surface area contributed by atoms with Gasteiger partial charge in [0.05, 0.1) is 11.0 Å². The Balaban J connectivity index is 1.40. The van der Waals surface area contributed by atoms with Crippen molar-refractivity contribution in [1.82, 2.24) is 25.3 Å². The number of carbonyl (C=O) groups excluding carboxylic acids is 1. The highest BCUT2D eigenvalue weighted by molar-refractivity contribution is 5.99. The zero-order valence-corrected chi connectivity index (χ0v) is 23.0. The molecule has 0 aliphatic heterocycles. The number of anilines is 2. The molecule has 4 N–H and O–H groups in total.